The Hall–Kier alpha value is -1.57. The Kier molecular flexibility index (Phi) is 9.46. The maximum absolute atomic E-state index is 12.3. The van der Waals surface area contributed by atoms with Gasteiger partial charge in [0.2, 0.25) is 0 Å². The SMILES string of the molecule is CC(C)NCCCOCCNC(=O)c1ccc(-c2cc(Cl)cc(Cl)c2Cl)c(N)n1. The molecule has 6 nitrogen and oxygen atoms in total. The average Bonchev–Trinajstić information content (AvgIpc) is 2.66. The molecular weight excluding hydrogens is 435 g/mol. The Bertz CT molecular complexity index is 847. The van der Waals surface area contributed by atoms with E-state index >= 15 is 0 Å². The summed E-state index contributed by atoms with van der Waals surface area (Å²) in [4.78, 5) is 16.4. The molecule has 0 radical (unpaired) electrons. The first-order valence-electron chi connectivity index (χ1n) is 9.30. The lowest BCUT2D eigenvalue weighted by Crippen LogP contribution is -2.29. The first-order valence-corrected chi connectivity index (χ1v) is 10.4. The van der Waals surface area contributed by atoms with E-state index in [4.69, 9.17) is 45.3 Å². The summed E-state index contributed by atoms with van der Waals surface area (Å²) in [7, 11) is 0. The van der Waals surface area contributed by atoms with E-state index in [-0.39, 0.29) is 17.4 Å². The van der Waals surface area contributed by atoms with Crippen molar-refractivity contribution < 1.29 is 9.53 Å². The summed E-state index contributed by atoms with van der Waals surface area (Å²) < 4.78 is 5.50. The number of hydrogen-bond acceptors (Lipinski definition) is 5. The number of anilines is 1. The van der Waals surface area contributed by atoms with Crippen LogP contribution in [0.2, 0.25) is 15.1 Å². The highest BCUT2D eigenvalue weighted by molar-refractivity contribution is 6.45. The van der Waals surface area contributed by atoms with Crippen molar-refractivity contribution in [2.75, 3.05) is 32.0 Å². The predicted octanol–water partition coefficient (Wildman–Crippen LogP) is 4.43. The molecule has 0 fully saturated rings. The molecule has 1 heterocycles. The smallest absolute Gasteiger partial charge is 0.270 e. The number of benzene rings is 1. The highest BCUT2D eigenvalue weighted by Gasteiger charge is 2.15. The van der Waals surface area contributed by atoms with Crippen LogP contribution >= 0.6 is 34.8 Å². The quantitative estimate of drug-likeness (QED) is 0.361. The number of aromatic nitrogens is 1. The van der Waals surface area contributed by atoms with Crippen LogP contribution < -0.4 is 16.4 Å². The van der Waals surface area contributed by atoms with Gasteiger partial charge in [-0.3, -0.25) is 4.79 Å². The van der Waals surface area contributed by atoms with Crippen molar-refractivity contribution in [2.24, 2.45) is 0 Å². The van der Waals surface area contributed by atoms with E-state index in [9.17, 15) is 4.79 Å². The Morgan fingerprint density at radius 2 is 1.90 bits per heavy atom. The van der Waals surface area contributed by atoms with Gasteiger partial charge in [-0.25, -0.2) is 4.98 Å². The first kappa shape index (κ1) is 23.7. The molecule has 1 aromatic heterocycles. The molecule has 0 saturated carbocycles. The van der Waals surface area contributed by atoms with Crippen LogP contribution in [0.15, 0.2) is 24.3 Å². The van der Waals surface area contributed by atoms with Gasteiger partial charge in [-0.15, -0.1) is 0 Å². The Morgan fingerprint density at radius 1 is 1.14 bits per heavy atom. The molecule has 0 aliphatic heterocycles. The highest BCUT2D eigenvalue weighted by atomic mass is 35.5. The van der Waals surface area contributed by atoms with E-state index in [1.54, 1.807) is 24.3 Å². The molecule has 4 N–H and O–H groups in total. The largest absolute Gasteiger partial charge is 0.383 e. The minimum absolute atomic E-state index is 0.159. The maximum atomic E-state index is 12.3. The van der Waals surface area contributed by atoms with Crippen LogP contribution in [-0.2, 0) is 4.74 Å². The topological polar surface area (TPSA) is 89.3 Å². The molecule has 2 aromatic rings. The molecule has 0 atom stereocenters. The summed E-state index contributed by atoms with van der Waals surface area (Å²) in [6, 6.07) is 6.90. The second-order valence-electron chi connectivity index (χ2n) is 6.71. The minimum Gasteiger partial charge on any atom is -0.383 e. The molecule has 0 unspecified atom stereocenters. The van der Waals surface area contributed by atoms with E-state index < -0.39 is 0 Å². The molecule has 0 bridgehead atoms. The van der Waals surface area contributed by atoms with Crippen LogP contribution in [0.1, 0.15) is 30.8 Å². The summed E-state index contributed by atoms with van der Waals surface area (Å²) in [5.41, 5.74) is 7.35. The van der Waals surface area contributed by atoms with Gasteiger partial charge >= 0.3 is 0 Å². The van der Waals surface area contributed by atoms with E-state index in [0.29, 0.717) is 52.0 Å². The lowest BCUT2D eigenvalue weighted by molar-refractivity contribution is 0.0908. The first-order chi connectivity index (χ1) is 13.8. The van der Waals surface area contributed by atoms with E-state index in [1.165, 1.54) is 0 Å². The summed E-state index contributed by atoms with van der Waals surface area (Å²) >= 11 is 18.4. The zero-order chi connectivity index (χ0) is 21.4. The van der Waals surface area contributed by atoms with Gasteiger partial charge in [0.25, 0.3) is 5.91 Å². The Labute approximate surface area is 186 Å². The zero-order valence-electron chi connectivity index (χ0n) is 16.4. The van der Waals surface area contributed by atoms with Crippen LogP contribution in [0.4, 0.5) is 5.82 Å². The monoisotopic (exact) mass is 458 g/mol. The van der Waals surface area contributed by atoms with Gasteiger partial charge < -0.3 is 21.1 Å². The number of rotatable bonds is 10. The van der Waals surface area contributed by atoms with E-state index in [2.05, 4.69) is 29.5 Å². The molecule has 1 amide bonds. The van der Waals surface area contributed by atoms with Crippen molar-refractivity contribution in [3.8, 4) is 11.1 Å². The fourth-order valence-electron chi connectivity index (χ4n) is 2.58. The third-order valence-corrected chi connectivity index (χ3v) is 5.01. The highest BCUT2D eigenvalue weighted by Crippen LogP contribution is 2.38. The molecule has 9 heteroatoms. The number of halogens is 3. The number of carbonyl (C=O) groups excluding carboxylic acids is 1. The van der Waals surface area contributed by atoms with Gasteiger partial charge in [0.05, 0.1) is 16.7 Å². The van der Waals surface area contributed by atoms with Crippen LogP contribution in [0.5, 0.6) is 0 Å². The minimum atomic E-state index is -0.330. The Morgan fingerprint density at radius 3 is 2.59 bits per heavy atom. The third-order valence-electron chi connectivity index (χ3n) is 3.99. The summed E-state index contributed by atoms with van der Waals surface area (Å²) in [5.74, 6) is -0.171. The average molecular weight is 460 g/mol. The molecule has 0 aliphatic rings. The van der Waals surface area contributed by atoms with Gasteiger partial charge in [-0.05, 0) is 37.2 Å². The zero-order valence-corrected chi connectivity index (χ0v) is 18.7. The molecule has 0 saturated heterocycles. The summed E-state index contributed by atoms with van der Waals surface area (Å²) in [6.07, 6.45) is 0.918. The number of pyridine rings is 1. The number of ether oxygens (including phenoxy) is 1. The number of nitrogens with zero attached hydrogens (tertiary/aromatic N) is 1. The number of carbonyl (C=O) groups is 1. The van der Waals surface area contributed by atoms with E-state index in [1.807, 2.05) is 0 Å². The number of nitrogen functional groups attached to an aromatic ring is 1. The third kappa shape index (κ3) is 7.32. The van der Waals surface area contributed by atoms with Gasteiger partial charge in [-0.2, -0.15) is 0 Å². The van der Waals surface area contributed by atoms with Crippen molar-refractivity contribution in [2.45, 2.75) is 26.3 Å². The second kappa shape index (κ2) is 11.6. The second-order valence-corrected chi connectivity index (χ2v) is 7.93. The molecule has 2 rings (SSSR count). The molecule has 0 spiro atoms. The van der Waals surface area contributed by atoms with Crippen LogP contribution in [0, 0.1) is 0 Å². The lowest BCUT2D eigenvalue weighted by Gasteiger charge is -2.11. The van der Waals surface area contributed by atoms with Crippen molar-refractivity contribution in [3.05, 3.63) is 45.0 Å². The molecule has 29 heavy (non-hydrogen) atoms. The standard InChI is InChI=1S/C20H25Cl3N4O2/c1-12(2)25-6-3-8-29-9-7-26-20(28)17-5-4-14(19(24)27-17)15-10-13(21)11-16(22)18(15)23/h4-5,10-12,25H,3,6-9H2,1-2H3,(H2,24,27)(H,26,28). The maximum Gasteiger partial charge on any atom is 0.270 e. The van der Waals surface area contributed by atoms with Crippen molar-refractivity contribution in [1.82, 2.24) is 15.6 Å². The number of amides is 1. The number of nitrogens with two attached hydrogens (primary N) is 1. The van der Waals surface area contributed by atoms with Crippen molar-refractivity contribution in [1.29, 1.82) is 0 Å². The van der Waals surface area contributed by atoms with Gasteiger partial charge in [0, 0.05) is 35.3 Å². The van der Waals surface area contributed by atoms with Gasteiger partial charge in [0.15, 0.2) is 0 Å². The van der Waals surface area contributed by atoms with Gasteiger partial charge in [-0.1, -0.05) is 48.7 Å². The van der Waals surface area contributed by atoms with Crippen molar-refractivity contribution >= 4 is 46.5 Å². The molecule has 0 aliphatic carbocycles. The van der Waals surface area contributed by atoms with Crippen LogP contribution in [0.25, 0.3) is 11.1 Å². The molecule has 1 aromatic carbocycles. The normalized spacial score (nSPS) is 11.1. The van der Waals surface area contributed by atoms with Gasteiger partial charge in [0.1, 0.15) is 11.5 Å². The lowest BCUT2D eigenvalue weighted by atomic mass is 10.1. The predicted molar refractivity (Wildman–Crippen MR) is 120 cm³/mol. The van der Waals surface area contributed by atoms with Crippen LogP contribution in [0.3, 0.4) is 0 Å². The molecular formula is C20H25Cl3N4O2. The molecule has 158 valence electrons. The Balaban J connectivity index is 1.88. The number of hydrogen-bond donors (Lipinski definition) is 3. The van der Waals surface area contributed by atoms with Crippen LogP contribution in [-0.4, -0.2) is 43.2 Å². The van der Waals surface area contributed by atoms with E-state index in [0.717, 1.165) is 13.0 Å². The fourth-order valence-corrected chi connectivity index (χ4v) is 3.28. The fraction of sp³-hybridized carbons (Fsp3) is 0.400. The summed E-state index contributed by atoms with van der Waals surface area (Å²) in [5, 5.41) is 7.14. The number of nitrogens with one attached hydrogen (secondary N) is 2. The van der Waals surface area contributed by atoms with Crippen molar-refractivity contribution in [3.63, 3.8) is 0 Å². The summed E-state index contributed by atoms with van der Waals surface area (Å²) in [6.45, 7) is 6.55.